The van der Waals surface area contributed by atoms with Gasteiger partial charge in [0, 0.05) is 49.5 Å². The molecule has 0 saturated carbocycles. The van der Waals surface area contributed by atoms with Crippen LogP contribution in [0.4, 0.5) is 10.1 Å². The van der Waals surface area contributed by atoms with Crippen molar-refractivity contribution in [3.63, 3.8) is 0 Å². The number of nitrogens with one attached hydrogen (secondary N) is 3. The second-order valence-corrected chi connectivity index (χ2v) is 9.28. The molecule has 40 heavy (non-hydrogen) atoms. The average molecular weight is 543 g/mol. The van der Waals surface area contributed by atoms with Crippen LogP contribution in [-0.2, 0) is 23.2 Å². The Labute approximate surface area is 228 Å². The van der Waals surface area contributed by atoms with Gasteiger partial charge in [0.05, 0.1) is 29.0 Å². The largest absolute Gasteiger partial charge is 0.354 e. The molecule has 1 aliphatic carbocycles. The minimum atomic E-state index is -0.669. The molecule has 0 saturated heterocycles. The molecular formula is C28H27FN8O3. The number of fused-ring (bicyclic) bond motifs is 1. The molecule has 204 valence electrons. The van der Waals surface area contributed by atoms with Crippen molar-refractivity contribution in [1.82, 2.24) is 35.2 Å². The lowest BCUT2D eigenvalue weighted by atomic mass is 10.0. The van der Waals surface area contributed by atoms with Crippen molar-refractivity contribution in [2.24, 2.45) is 13.0 Å². The van der Waals surface area contributed by atoms with E-state index in [9.17, 15) is 18.8 Å². The van der Waals surface area contributed by atoms with E-state index in [0.29, 0.717) is 29.6 Å². The summed E-state index contributed by atoms with van der Waals surface area (Å²) >= 11 is 0. The van der Waals surface area contributed by atoms with Gasteiger partial charge in [0.25, 0.3) is 5.91 Å². The van der Waals surface area contributed by atoms with Gasteiger partial charge in [0.15, 0.2) is 0 Å². The molecule has 1 aromatic carbocycles. The monoisotopic (exact) mass is 542 g/mol. The molecule has 1 aliphatic rings. The van der Waals surface area contributed by atoms with Crippen LogP contribution in [-0.4, -0.2) is 55.4 Å². The van der Waals surface area contributed by atoms with E-state index in [4.69, 9.17) is 0 Å². The van der Waals surface area contributed by atoms with Crippen molar-refractivity contribution in [1.29, 1.82) is 0 Å². The molecular weight excluding hydrogens is 515 g/mol. The average Bonchev–Trinajstić information content (AvgIpc) is 3.56. The fourth-order valence-corrected chi connectivity index (χ4v) is 4.23. The van der Waals surface area contributed by atoms with E-state index in [1.165, 1.54) is 22.9 Å². The van der Waals surface area contributed by atoms with Crippen LogP contribution in [0.3, 0.4) is 0 Å². The van der Waals surface area contributed by atoms with E-state index < -0.39 is 11.7 Å². The first kappa shape index (κ1) is 26.5. The maximum Gasteiger partial charge on any atom is 0.274 e. The zero-order chi connectivity index (χ0) is 28.1. The Morgan fingerprint density at radius 3 is 2.73 bits per heavy atom. The van der Waals surface area contributed by atoms with Crippen LogP contribution in [0, 0.1) is 11.7 Å². The highest BCUT2D eigenvalue weighted by Gasteiger charge is 2.16. The van der Waals surface area contributed by atoms with Crippen LogP contribution in [0.25, 0.3) is 22.2 Å². The predicted molar refractivity (Wildman–Crippen MR) is 146 cm³/mol. The second-order valence-electron chi connectivity index (χ2n) is 9.28. The van der Waals surface area contributed by atoms with Crippen molar-refractivity contribution >= 4 is 34.3 Å². The number of benzene rings is 1. The second kappa shape index (κ2) is 11.7. The Morgan fingerprint density at radius 2 is 1.95 bits per heavy atom. The number of aryl methyl sites for hydroxylation is 1. The van der Waals surface area contributed by atoms with Crippen molar-refractivity contribution in [3.05, 3.63) is 84.7 Å². The first-order valence-corrected chi connectivity index (χ1v) is 12.7. The zero-order valence-corrected chi connectivity index (χ0v) is 21.7. The Kier molecular flexibility index (Phi) is 7.76. The number of hydrogen-bond acceptors (Lipinski definition) is 6. The number of anilines is 1. The summed E-state index contributed by atoms with van der Waals surface area (Å²) in [7, 11) is 1.78. The lowest BCUT2D eigenvalue weighted by Crippen LogP contribution is -2.38. The third kappa shape index (κ3) is 6.29. The third-order valence-electron chi connectivity index (χ3n) is 6.24. The SMILES string of the molecule is Cn1cc(-c2cccc(C(=O)Nc3cc4cn(CC(=O)NCCNC(=O)C5C=CC=CC5)nc4cc3F)n2)cn1. The van der Waals surface area contributed by atoms with Crippen LogP contribution >= 0.6 is 0 Å². The summed E-state index contributed by atoms with van der Waals surface area (Å²) in [5.74, 6) is -1.83. The van der Waals surface area contributed by atoms with Crippen LogP contribution < -0.4 is 16.0 Å². The molecule has 3 heterocycles. The molecule has 5 rings (SSSR count). The number of allylic oxidation sites excluding steroid dienone is 3. The molecule has 3 N–H and O–H groups in total. The molecule has 0 fully saturated rings. The normalized spacial score (nSPS) is 14.3. The highest BCUT2D eigenvalue weighted by molar-refractivity contribution is 6.04. The maximum absolute atomic E-state index is 14.8. The van der Waals surface area contributed by atoms with E-state index in [0.717, 1.165) is 5.56 Å². The molecule has 12 heteroatoms. The number of carbonyl (C=O) groups is 3. The summed E-state index contributed by atoms with van der Waals surface area (Å²) in [5.41, 5.74) is 1.74. The van der Waals surface area contributed by atoms with E-state index >= 15 is 0 Å². The van der Waals surface area contributed by atoms with E-state index in [1.54, 1.807) is 42.5 Å². The minimum absolute atomic E-state index is 0.0332. The maximum atomic E-state index is 14.8. The van der Waals surface area contributed by atoms with Crippen LogP contribution in [0.1, 0.15) is 16.9 Å². The standard InChI is InChI=1S/C28H27FN8O3/c1-36-15-20(14-32-36)22-8-5-9-23(33-22)28(40)34-25-12-19-16-37(35-24(19)13-21(25)29)17-26(38)30-10-11-31-27(39)18-6-3-2-4-7-18/h2-6,8-9,12-16,18H,7,10-11,17H2,1H3,(H,30,38)(H,31,39)(H,34,40). The third-order valence-corrected chi connectivity index (χ3v) is 6.24. The summed E-state index contributed by atoms with van der Waals surface area (Å²) in [6.07, 6.45) is 13.2. The van der Waals surface area contributed by atoms with Gasteiger partial charge >= 0.3 is 0 Å². The molecule has 0 spiro atoms. The van der Waals surface area contributed by atoms with Gasteiger partial charge in [0.1, 0.15) is 18.1 Å². The quantitative estimate of drug-likeness (QED) is 0.278. The number of pyridine rings is 1. The summed E-state index contributed by atoms with van der Waals surface area (Å²) in [4.78, 5) is 41.7. The predicted octanol–water partition coefficient (Wildman–Crippen LogP) is 2.59. The topological polar surface area (TPSA) is 136 Å². The minimum Gasteiger partial charge on any atom is -0.354 e. The van der Waals surface area contributed by atoms with Gasteiger partial charge in [-0.3, -0.25) is 23.7 Å². The number of hydrogen-bond donors (Lipinski definition) is 3. The zero-order valence-electron chi connectivity index (χ0n) is 21.7. The number of rotatable bonds is 9. The Morgan fingerprint density at radius 1 is 1.10 bits per heavy atom. The van der Waals surface area contributed by atoms with E-state index in [1.807, 2.05) is 24.3 Å². The number of nitrogens with zero attached hydrogens (tertiary/aromatic N) is 5. The van der Waals surface area contributed by atoms with Crippen LogP contribution in [0.15, 0.2) is 73.2 Å². The van der Waals surface area contributed by atoms with Gasteiger partial charge in [-0.15, -0.1) is 0 Å². The smallest absolute Gasteiger partial charge is 0.274 e. The van der Waals surface area contributed by atoms with Gasteiger partial charge in [0.2, 0.25) is 11.8 Å². The van der Waals surface area contributed by atoms with Gasteiger partial charge in [-0.1, -0.05) is 30.4 Å². The fraction of sp³-hybridized carbons (Fsp3) is 0.214. The number of carbonyl (C=O) groups excluding carboxylic acids is 3. The molecule has 3 amide bonds. The fourth-order valence-electron chi connectivity index (χ4n) is 4.23. The van der Waals surface area contributed by atoms with Gasteiger partial charge in [-0.05, 0) is 24.6 Å². The lowest BCUT2D eigenvalue weighted by Gasteiger charge is -2.13. The van der Waals surface area contributed by atoms with Gasteiger partial charge < -0.3 is 16.0 Å². The lowest BCUT2D eigenvalue weighted by molar-refractivity contribution is -0.124. The number of halogens is 1. The molecule has 0 aliphatic heterocycles. The van der Waals surface area contributed by atoms with Crippen molar-refractivity contribution in [2.45, 2.75) is 13.0 Å². The number of amides is 3. The summed E-state index contributed by atoms with van der Waals surface area (Å²) in [5, 5.41) is 17.0. The van der Waals surface area contributed by atoms with Crippen LogP contribution in [0.5, 0.6) is 0 Å². The molecule has 0 radical (unpaired) electrons. The summed E-state index contributed by atoms with van der Waals surface area (Å²) in [6.45, 7) is 0.472. The Bertz CT molecular complexity index is 1640. The van der Waals surface area contributed by atoms with Gasteiger partial charge in [-0.25, -0.2) is 9.37 Å². The molecule has 1 atom stereocenters. The Hall–Kier alpha value is -5.13. The first-order valence-electron chi connectivity index (χ1n) is 12.7. The molecule has 1 unspecified atom stereocenters. The highest BCUT2D eigenvalue weighted by Crippen LogP contribution is 2.23. The summed E-state index contributed by atoms with van der Waals surface area (Å²) in [6, 6.07) is 7.65. The van der Waals surface area contributed by atoms with E-state index in [-0.39, 0.29) is 42.2 Å². The van der Waals surface area contributed by atoms with Crippen molar-refractivity contribution < 1.29 is 18.8 Å². The first-order chi connectivity index (χ1) is 19.4. The highest BCUT2D eigenvalue weighted by atomic mass is 19.1. The van der Waals surface area contributed by atoms with Crippen molar-refractivity contribution in [3.8, 4) is 11.3 Å². The Balaban J connectivity index is 1.17. The molecule has 4 aromatic rings. The van der Waals surface area contributed by atoms with Crippen molar-refractivity contribution in [2.75, 3.05) is 18.4 Å². The molecule has 3 aromatic heterocycles. The van der Waals surface area contributed by atoms with Gasteiger partial charge in [-0.2, -0.15) is 10.2 Å². The summed E-state index contributed by atoms with van der Waals surface area (Å²) < 4.78 is 17.8. The molecule has 0 bridgehead atoms. The van der Waals surface area contributed by atoms with Crippen LogP contribution in [0.2, 0.25) is 0 Å². The number of aromatic nitrogens is 5. The molecule has 11 nitrogen and oxygen atoms in total. The van der Waals surface area contributed by atoms with E-state index in [2.05, 4.69) is 31.1 Å².